The van der Waals surface area contributed by atoms with Crippen molar-refractivity contribution in [1.29, 1.82) is 0 Å². The van der Waals surface area contributed by atoms with E-state index in [0.29, 0.717) is 24.2 Å². The van der Waals surface area contributed by atoms with Crippen LogP contribution < -0.4 is 0 Å². The van der Waals surface area contributed by atoms with Gasteiger partial charge in [-0.1, -0.05) is 12.1 Å². The summed E-state index contributed by atoms with van der Waals surface area (Å²) in [6.45, 7) is 0.818. The van der Waals surface area contributed by atoms with E-state index in [9.17, 15) is 45.0 Å². The first-order chi connectivity index (χ1) is 19.5. The Morgan fingerprint density at radius 2 is 1.32 bits per heavy atom. The zero-order valence-corrected chi connectivity index (χ0v) is 21.9. The molecule has 12 nitrogen and oxygen atoms in total. The predicted molar refractivity (Wildman–Crippen MR) is 143 cm³/mol. The Bertz CT molecular complexity index is 1360. The molecule has 0 spiro atoms. The first-order valence-corrected chi connectivity index (χ1v) is 13.0. The maximum absolute atomic E-state index is 13.6. The number of aromatic hydroxyl groups is 4. The lowest BCUT2D eigenvalue weighted by molar-refractivity contribution is -0.203. The van der Waals surface area contributed by atoms with Crippen LogP contribution in [0.5, 0.6) is 23.0 Å². The Hall–Kier alpha value is -4.55. The van der Waals surface area contributed by atoms with Crippen LogP contribution in [0.15, 0.2) is 48.6 Å². The molecule has 2 aromatic carbocycles. The molecule has 12 heteroatoms. The van der Waals surface area contributed by atoms with Crippen LogP contribution in [-0.2, 0) is 23.9 Å². The summed E-state index contributed by atoms with van der Waals surface area (Å²) in [5.74, 6) is -3.94. The molecule has 4 rings (SSSR count). The van der Waals surface area contributed by atoms with Crippen molar-refractivity contribution < 1.29 is 54.5 Å². The number of aliphatic hydroxyl groups is 2. The van der Waals surface area contributed by atoms with Gasteiger partial charge in [-0.3, -0.25) is 4.79 Å². The van der Waals surface area contributed by atoms with Gasteiger partial charge in [0.15, 0.2) is 28.6 Å². The SMILES string of the molecule is O=C(C=Cc1ccc(O)c(O)c1)O[C@@H]1C[C@](OC(=O)C=Cc2ccc(O)c(O)c2)(C(=O)N2CCCC2)C[C@@H](O)[C@H]1O. The standard InChI is InChI=1S/C29H31NO11/c31-19-7-3-17(13-21(19)33)5-9-25(36)40-24-16-29(15-23(35)27(24)38,28(39)30-11-1-2-12-30)41-26(37)10-6-18-4-8-20(32)22(34)14-18/h3-10,13-14,23-24,27,31-35,38H,1-2,11-12,15-16H2/t23-,24-,27-,29+/m1/s1. The summed E-state index contributed by atoms with van der Waals surface area (Å²) < 4.78 is 11.0. The molecule has 1 heterocycles. The number of hydrogen-bond donors (Lipinski definition) is 6. The van der Waals surface area contributed by atoms with E-state index < -0.39 is 66.1 Å². The summed E-state index contributed by atoms with van der Waals surface area (Å²) in [6, 6.07) is 7.76. The fourth-order valence-electron chi connectivity index (χ4n) is 4.89. The summed E-state index contributed by atoms with van der Waals surface area (Å²) in [7, 11) is 0. The zero-order valence-electron chi connectivity index (χ0n) is 21.9. The number of phenolic OH excluding ortho intramolecular Hbond substituents is 4. The summed E-state index contributed by atoms with van der Waals surface area (Å²) in [4.78, 5) is 40.6. The number of nitrogens with zero attached hydrogens (tertiary/aromatic N) is 1. The number of hydrogen-bond acceptors (Lipinski definition) is 11. The average Bonchev–Trinajstić information content (AvgIpc) is 3.47. The molecule has 1 saturated carbocycles. The maximum atomic E-state index is 13.6. The molecule has 0 unspecified atom stereocenters. The third kappa shape index (κ3) is 6.97. The Balaban J connectivity index is 1.54. The number of carbonyl (C=O) groups excluding carboxylic acids is 3. The van der Waals surface area contributed by atoms with E-state index >= 15 is 0 Å². The maximum Gasteiger partial charge on any atom is 0.331 e. The molecule has 1 aliphatic carbocycles. The van der Waals surface area contributed by atoms with Crippen molar-refractivity contribution >= 4 is 30.0 Å². The molecule has 1 aliphatic heterocycles. The minimum absolute atomic E-state index is 0.339. The topological polar surface area (TPSA) is 194 Å². The molecular formula is C29H31NO11. The lowest BCUT2D eigenvalue weighted by Gasteiger charge is -2.44. The van der Waals surface area contributed by atoms with Crippen LogP contribution in [-0.4, -0.2) is 90.4 Å². The largest absolute Gasteiger partial charge is 0.504 e. The number of phenols is 4. The van der Waals surface area contributed by atoms with E-state index in [-0.39, 0.29) is 11.5 Å². The van der Waals surface area contributed by atoms with Crippen LogP contribution in [0.25, 0.3) is 12.2 Å². The predicted octanol–water partition coefficient (Wildman–Crippen LogP) is 1.57. The molecule has 218 valence electrons. The molecule has 0 aromatic heterocycles. The van der Waals surface area contributed by atoms with Gasteiger partial charge in [0, 0.05) is 38.1 Å². The van der Waals surface area contributed by atoms with E-state index in [2.05, 4.69) is 0 Å². The number of esters is 2. The van der Waals surface area contributed by atoms with E-state index in [1.165, 1.54) is 53.5 Å². The Morgan fingerprint density at radius 1 is 0.780 bits per heavy atom. The number of benzene rings is 2. The molecule has 0 bridgehead atoms. The fraction of sp³-hybridized carbons (Fsp3) is 0.345. The Morgan fingerprint density at radius 3 is 1.85 bits per heavy atom. The number of likely N-dealkylation sites (tertiary alicyclic amines) is 1. The number of ether oxygens (including phenoxy) is 2. The van der Waals surface area contributed by atoms with Crippen LogP contribution in [0.2, 0.25) is 0 Å². The first-order valence-electron chi connectivity index (χ1n) is 13.0. The highest BCUT2D eigenvalue weighted by atomic mass is 16.6. The number of amides is 1. The second-order valence-electron chi connectivity index (χ2n) is 10.0. The van der Waals surface area contributed by atoms with Gasteiger partial charge in [-0.2, -0.15) is 0 Å². The summed E-state index contributed by atoms with van der Waals surface area (Å²) in [5, 5.41) is 59.5. The molecular weight excluding hydrogens is 538 g/mol. The smallest absolute Gasteiger partial charge is 0.331 e. The number of rotatable bonds is 7. The van der Waals surface area contributed by atoms with Crippen molar-refractivity contribution in [3.63, 3.8) is 0 Å². The number of carbonyl (C=O) groups is 3. The lowest BCUT2D eigenvalue weighted by atomic mass is 9.78. The van der Waals surface area contributed by atoms with Gasteiger partial charge in [0.05, 0.1) is 6.10 Å². The highest BCUT2D eigenvalue weighted by molar-refractivity contribution is 5.93. The molecule has 6 N–H and O–H groups in total. The second-order valence-corrected chi connectivity index (χ2v) is 10.0. The molecule has 1 amide bonds. The van der Waals surface area contributed by atoms with Crippen LogP contribution >= 0.6 is 0 Å². The van der Waals surface area contributed by atoms with E-state index in [0.717, 1.165) is 25.0 Å². The van der Waals surface area contributed by atoms with E-state index in [4.69, 9.17) is 9.47 Å². The van der Waals surface area contributed by atoms with Crippen molar-refractivity contribution in [3.05, 3.63) is 59.7 Å². The van der Waals surface area contributed by atoms with Crippen molar-refractivity contribution in [2.75, 3.05) is 13.1 Å². The molecule has 0 radical (unpaired) electrons. The molecule has 2 aromatic rings. The van der Waals surface area contributed by atoms with Gasteiger partial charge >= 0.3 is 11.9 Å². The molecule has 1 saturated heterocycles. The Labute approximate surface area is 235 Å². The lowest BCUT2D eigenvalue weighted by Crippen LogP contribution is -2.61. The molecule has 41 heavy (non-hydrogen) atoms. The highest BCUT2D eigenvalue weighted by Crippen LogP contribution is 2.37. The van der Waals surface area contributed by atoms with Crippen LogP contribution in [0.4, 0.5) is 0 Å². The average molecular weight is 570 g/mol. The van der Waals surface area contributed by atoms with Crippen molar-refractivity contribution in [2.45, 2.75) is 49.6 Å². The number of aliphatic hydroxyl groups excluding tert-OH is 2. The van der Waals surface area contributed by atoms with Gasteiger partial charge in [-0.05, 0) is 60.4 Å². The monoisotopic (exact) mass is 569 g/mol. The van der Waals surface area contributed by atoms with Crippen molar-refractivity contribution in [1.82, 2.24) is 4.90 Å². The van der Waals surface area contributed by atoms with Crippen LogP contribution in [0.1, 0.15) is 36.8 Å². The molecule has 2 fully saturated rings. The summed E-state index contributed by atoms with van der Waals surface area (Å²) >= 11 is 0. The van der Waals surface area contributed by atoms with Gasteiger partial charge in [0.1, 0.15) is 12.2 Å². The second kappa shape index (κ2) is 12.3. The first kappa shape index (κ1) is 29.4. The van der Waals surface area contributed by atoms with Gasteiger partial charge in [0.2, 0.25) is 0 Å². The van der Waals surface area contributed by atoms with Gasteiger partial charge in [-0.15, -0.1) is 0 Å². The van der Waals surface area contributed by atoms with Crippen molar-refractivity contribution in [2.24, 2.45) is 0 Å². The summed E-state index contributed by atoms with van der Waals surface area (Å²) in [5.41, 5.74) is -1.22. The van der Waals surface area contributed by atoms with Crippen LogP contribution in [0.3, 0.4) is 0 Å². The minimum Gasteiger partial charge on any atom is -0.504 e. The quantitative estimate of drug-likeness (QED) is 0.161. The van der Waals surface area contributed by atoms with Crippen LogP contribution in [0, 0.1) is 0 Å². The fourth-order valence-corrected chi connectivity index (χ4v) is 4.89. The summed E-state index contributed by atoms with van der Waals surface area (Å²) in [6.07, 6.45) is 0.679. The van der Waals surface area contributed by atoms with Gasteiger partial charge < -0.3 is 45.0 Å². The highest BCUT2D eigenvalue weighted by Gasteiger charge is 2.55. The third-order valence-corrected chi connectivity index (χ3v) is 7.01. The molecule has 4 atom stereocenters. The minimum atomic E-state index is -1.95. The van der Waals surface area contributed by atoms with E-state index in [1.807, 2.05) is 0 Å². The normalized spacial score (nSPS) is 24.5. The Kier molecular flexibility index (Phi) is 8.84. The van der Waals surface area contributed by atoms with Gasteiger partial charge in [0.25, 0.3) is 5.91 Å². The van der Waals surface area contributed by atoms with E-state index in [1.54, 1.807) is 0 Å². The van der Waals surface area contributed by atoms with Gasteiger partial charge in [-0.25, -0.2) is 9.59 Å². The van der Waals surface area contributed by atoms with Crippen molar-refractivity contribution in [3.8, 4) is 23.0 Å². The molecule has 2 aliphatic rings. The third-order valence-electron chi connectivity index (χ3n) is 7.01. The zero-order chi connectivity index (χ0) is 29.7.